The fraction of sp³-hybridized carbons (Fsp3) is 1.00. The summed E-state index contributed by atoms with van der Waals surface area (Å²) in [4.78, 5) is 0. The molecule has 0 bridgehead atoms. The quantitative estimate of drug-likeness (QED) is 0.711. The molecule has 1 saturated carbocycles. The molecule has 0 heterocycles. The maximum Gasteiger partial charge on any atom is 0.0159 e. The Balaban J connectivity index is 2.40. The molecule has 0 saturated heterocycles. The second-order valence-corrected chi connectivity index (χ2v) is 5.10. The molecule has 2 N–H and O–H groups in total. The fourth-order valence-electron chi connectivity index (χ4n) is 2.64. The van der Waals surface area contributed by atoms with Crippen LogP contribution in [-0.4, -0.2) is 5.54 Å². The van der Waals surface area contributed by atoms with E-state index < -0.39 is 0 Å². The van der Waals surface area contributed by atoms with Gasteiger partial charge in [0.25, 0.3) is 0 Å². The Kier molecular flexibility index (Phi) is 3.78. The van der Waals surface area contributed by atoms with Gasteiger partial charge in [-0.15, -0.1) is 0 Å². The molecule has 0 aromatic carbocycles. The van der Waals surface area contributed by atoms with Gasteiger partial charge in [-0.05, 0) is 37.5 Å². The molecule has 1 aliphatic carbocycles. The largest absolute Gasteiger partial charge is 0.325 e. The van der Waals surface area contributed by atoms with Crippen molar-refractivity contribution in [2.75, 3.05) is 0 Å². The molecule has 1 fully saturated rings. The second-order valence-electron chi connectivity index (χ2n) is 5.10. The average molecular weight is 183 g/mol. The van der Waals surface area contributed by atoms with Gasteiger partial charge in [-0.1, -0.05) is 33.6 Å². The van der Waals surface area contributed by atoms with Gasteiger partial charge in [-0.2, -0.15) is 0 Å². The lowest BCUT2D eigenvalue weighted by Crippen LogP contribution is -2.38. The summed E-state index contributed by atoms with van der Waals surface area (Å²) in [5, 5.41) is 0. The van der Waals surface area contributed by atoms with E-state index in [2.05, 4.69) is 20.8 Å². The summed E-state index contributed by atoms with van der Waals surface area (Å²) in [5.74, 6) is 1.72. The Hall–Kier alpha value is -0.0400. The Morgan fingerprint density at radius 2 is 2.15 bits per heavy atom. The zero-order chi connectivity index (χ0) is 9.90. The summed E-state index contributed by atoms with van der Waals surface area (Å²) in [5.41, 5.74) is 6.59. The first-order valence-corrected chi connectivity index (χ1v) is 5.88. The molecule has 0 aromatic rings. The highest BCUT2D eigenvalue weighted by molar-refractivity contribution is 4.93. The third-order valence-electron chi connectivity index (χ3n) is 3.77. The normalized spacial score (nSPS) is 36.5. The highest BCUT2D eigenvalue weighted by atomic mass is 14.8. The molecule has 78 valence electrons. The van der Waals surface area contributed by atoms with Crippen molar-refractivity contribution in [1.29, 1.82) is 0 Å². The van der Waals surface area contributed by atoms with Crippen LogP contribution in [0.4, 0.5) is 0 Å². The first-order valence-electron chi connectivity index (χ1n) is 5.88. The van der Waals surface area contributed by atoms with E-state index in [0.717, 1.165) is 11.8 Å². The molecule has 13 heavy (non-hydrogen) atoms. The first-order chi connectivity index (χ1) is 6.09. The van der Waals surface area contributed by atoms with Crippen LogP contribution in [0.25, 0.3) is 0 Å². The minimum Gasteiger partial charge on any atom is -0.325 e. The monoisotopic (exact) mass is 183 g/mol. The third kappa shape index (κ3) is 2.98. The lowest BCUT2D eigenvalue weighted by molar-refractivity contribution is 0.317. The molecule has 1 nitrogen and oxygen atoms in total. The van der Waals surface area contributed by atoms with Crippen LogP contribution < -0.4 is 5.73 Å². The highest BCUT2D eigenvalue weighted by Gasteiger charge is 2.35. The highest BCUT2D eigenvalue weighted by Crippen LogP contribution is 2.38. The fourth-order valence-corrected chi connectivity index (χ4v) is 2.64. The number of hydrogen-bond acceptors (Lipinski definition) is 1. The third-order valence-corrected chi connectivity index (χ3v) is 3.77. The predicted molar refractivity (Wildman–Crippen MR) is 58.6 cm³/mol. The molecular weight excluding hydrogens is 158 g/mol. The van der Waals surface area contributed by atoms with Gasteiger partial charge in [-0.25, -0.2) is 0 Å². The molecular formula is C12H25N. The van der Waals surface area contributed by atoms with Crippen LogP contribution in [0.15, 0.2) is 0 Å². The molecule has 0 radical (unpaired) electrons. The van der Waals surface area contributed by atoms with E-state index >= 15 is 0 Å². The molecule has 1 rings (SSSR count). The van der Waals surface area contributed by atoms with Gasteiger partial charge < -0.3 is 5.73 Å². The number of rotatable bonds is 4. The van der Waals surface area contributed by atoms with Crippen LogP contribution in [0.5, 0.6) is 0 Å². The Morgan fingerprint density at radius 1 is 1.46 bits per heavy atom. The number of nitrogens with two attached hydrogens (primary N) is 1. The molecule has 0 amide bonds. The van der Waals surface area contributed by atoms with Crippen molar-refractivity contribution >= 4 is 0 Å². The zero-order valence-corrected chi connectivity index (χ0v) is 9.47. The molecule has 3 atom stereocenters. The van der Waals surface area contributed by atoms with Crippen LogP contribution >= 0.6 is 0 Å². The van der Waals surface area contributed by atoms with Gasteiger partial charge in [0, 0.05) is 5.54 Å². The maximum atomic E-state index is 6.40. The van der Waals surface area contributed by atoms with Gasteiger partial charge >= 0.3 is 0 Å². The van der Waals surface area contributed by atoms with Crippen molar-refractivity contribution in [1.82, 2.24) is 0 Å². The van der Waals surface area contributed by atoms with Crippen LogP contribution in [0, 0.1) is 11.8 Å². The summed E-state index contributed by atoms with van der Waals surface area (Å²) < 4.78 is 0. The molecule has 3 unspecified atom stereocenters. The Morgan fingerprint density at radius 3 is 2.62 bits per heavy atom. The van der Waals surface area contributed by atoms with E-state index in [-0.39, 0.29) is 5.54 Å². The standard InChI is InChI=1S/C12H25N/c1-4-10(3)8-12(13)7-6-11(5-2)9-12/h10-11H,4-9,13H2,1-3H3. The molecule has 0 aromatic heterocycles. The Labute approximate surface area is 83.1 Å². The summed E-state index contributed by atoms with van der Waals surface area (Å²) in [6.45, 7) is 6.88. The summed E-state index contributed by atoms with van der Waals surface area (Å²) in [6, 6.07) is 0. The van der Waals surface area contributed by atoms with Crippen molar-refractivity contribution in [2.24, 2.45) is 17.6 Å². The van der Waals surface area contributed by atoms with E-state index in [1.807, 2.05) is 0 Å². The van der Waals surface area contributed by atoms with E-state index in [1.165, 1.54) is 38.5 Å². The van der Waals surface area contributed by atoms with E-state index in [1.54, 1.807) is 0 Å². The molecule has 1 heteroatoms. The average Bonchev–Trinajstić information content (AvgIpc) is 2.47. The SMILES string of the molecule is CCC(C)CC1(N)CCC(CC)C1. The summed E-state index contributed by atoms with van der Waals surface area (Å²) in [6.07, 6.45) is 7.72. The van der Waals surface area contributed by atoms with Crippen molar-refractivity contribution in [3.63, 3.8) is 0 Å². The molecule has 0 aliphatic heterocycles. The van der Waals surface area contributed by atoms with Crippen molar-refractivity contribution < 1.29 is 0 Å². The van der Waals surface area contributed by atoms with Gasteiger partial charge in [0.05, 0.1) is 0 Å². The van der Waals surface area contributed by atoms with Crippen LogP contribution in [-0.2, 0) is 0 Å². The minimum atomic E-state index is 0.191. The van der Waals surface area contributed by atoms with Gasteiger partial charge in [-0.3, -0.25) is 0 Å². The van der Waals surface area contributed by atoms with E-state index in [0.29, 0.717) is 0 Å². The van der Waals surface area contributed by atoms with Crippen molar-refractivity contribution in [3.8, 4) is 0 Å². The molecule has 1 aliphatic rings. The first kappa shape index (κ1) is 11.0. The smallest absolute Gasteiger partial charge is 0.0159 e. The van der Waals surface area contributed by atoms with E-state index in [9.17, 15) is 0 Å². The summed E-state index contributed by atoms with van der Waals surface area (Å²) in [7, 11) is 0. The van der Waals surface area contributed by atoms with Crippen LogP contribution in [0.1, 0.15) is 59.3 Å². The zero-order valence-electron chi connectivity index (χ0n) is 9.47. The maximum absolute atomic E-state index is 6.40. The van der Waals surface area contributed by atoms with Gasteiger partial charge in [0.2, 0.25) is 0 Å². The lowest BCUT2D eigenvalue weighted by Gasteiger charge is -2.27. The lowest BCUT2D eigenvalue weighted by atomic mass is 9.85. The van der Waals surface area contributed by atoms with Gasteiger partial charge in [0.1, 0.15) is 0 Å². The minimum absolute atomic E-state index is 0.191. The van der Waals surface area contributed by atoms with Crippen molar-refractivity contribution in [3.05, 3.63) is 0 Å². The number of hydrogen-bond donors (Lipinski definition) is 1. The van der Waals surface area contributed by atoms with Crippen molar-refractivity contribution in [2.45, 2.75) is 64.8 Å². The predicted octanol–water partition coefficient (Wildman–Crippen LogP) is 3.33. The van der Waals surface area contributed by atoms with Crippen LogP contribution in [0.2, 0.25) is 0 Å². The van der Waals surface area contributed by atoms with E-state index in [4.69, 9.17) is 5.73 Å². The summed E-state index contributed by atoms with van der Waals surface area (Å²) >= 11 is 0. The van der Waals surface area contributed by atoms with Gasteiger partial charge in [0.15, 0.2) is 0 Å². The Bertz CT molecular complexity index is 155. The second kappa shape index (κ2) is 4.45. The molecule has 0 spiro atoms. The van der Waals surface area contributed by atoms with Crippen LogP contribution in [0.3, 0.4) is 0 Å². The topological polar surface area (TPSA) is 26.0 Å².